The number of pyridine rings is 1. The molecule has 0 unspecified atom stereocenters. The van der Waals surface area contributed by atoms with Crippen molar-refractivity contribution < 1.29 is 4.92 Å². The molecule has 0 saturated heterocycles. The molecule has 0 bridgehead atoms. The van der Waals surface area contributed by atoms with Crippen molar-refractivity contribution in [2.45, 2.75) is 6.92 Å². The van der Waals surface area contributed by atoms with E-state index in [-0.39, 0.29) is 5.69 Å². The van der Waals surface area contributed by atoms with Crippen molar-refractivity contribution in [2.75, 3.05) is 10.6 Å². The van der Waals surface area contributed by atoms with Crippen LogP contribution in [0.5, 0.6) is 0 Å². The van der Waals surface area contributed by atoms with Gasteiger partial charge in [0, 0.05) is 32.6 Å². The molecule has 28 heavy (non-hydrogen) atoms. The Balaban J connectivity index is 1.67. The molecule has 0 radical (unpaired) electrons. The van der Waals surface area contributed by atoms with Gasteiger partial charge >= 0.3 is 0 Å². The van der Waals surface area contributed by atoms with E-state index in [4.69, 9.17) is 0 Å². The number of hydrogen-bond acceptors (Lipinski definition) is 9. The summed E-state index contributed by atoms with van der Waals surface area (Å²) in [5, 5.41) is 26.4. The first-order chi connectivity index (χ1) is 13.4. The number of nitro groups is 1. The quantitative estimate of drug-likeness (QED) is 0.393. The Kier molecular flexibility index (Phi) is 4.07. The third-order valence-electron chi connectivity index (χ3n) is 4.08. The van der Waals surface area contributed by atoms with Crippen LogP contribution in [0.3, 0.4) is 0 Å². The fourth-order valence-corrected chi connectivity index (χ4v) is 2.68. The third kappa shape index (κ3) is 3.18. The van der Waals surface area contributed by atoms with Gasteiger partial charge in [-0.2, -0.15) is 15.2 Å². The largest absolute Gasteiger partial charge is 0.336 e. The van der Waals surface area contributed by atoms with Crippen molar-refractivity contribution in [3.63, 3.8) is 0 Å². The van der Waals surface area contributed by atoms with Gasteiger partial charge in [0.15, 0.2) is 11.5 Å². The fraction of sp³-hybridized carbons (Fsp3) is 0.188. The average molecular weight is 380 g/mol. The van der Waals surface area contributed by atoms with Gasteiger partial charge in [0.25, 0.3) is 5.69 Å². The Morgan fingerprint density at radius 2 is 1.96 bits per heavy atom. The van der Waals surface area contributed by atoms with E-state index in [0.717, 1.165) is 5.69 Å². The van der Waals surface area contributed by atoms with Crippen LogP contribution >= 0.6 is 0 Å². The lowest BCUT2D eigenvalue weighted by Gasteiger charge is -2.06. The molecule has 142 valence electrons. The van der Waals surface area contributed by atoms with Crippen molar-refractivity contribution in [1.82, 2.24) is 34.5 Å². The second-order valence-electron chi connectivity index (χ2n) is 6.14. The Hall–Kier alpha value is -4.09. The van der Waals surface area contributed by atoms with Gasteiger partial charge in [0.2, 0.25) is 5.95 Å². The summed E-state index contributed by atoms with van der Waals surface area (Å²) in [6.45, 7) is 1.75. The summed E-state index contributed by atoms with van der Waals surface area (Å²) < 4.78 is 3.27. The highest BCUT2D eigenvalue weighted by atomic mass is 16.6. The van der Waals surface area contributed by atoms with Crippen LogP contribution in [0.4, 0.5) is 28.8 Å². The minimum atomic E-state index is -0.492. The van der Waals surface area contributed by atoms with Crippen LogP contribution in [0.15, 0.2) is 30.9 Å². The summed E-state index contributed by atoms with van der Waals surface area (Å²) in [5.74, 6) is 0.888. The van der Waals surface area contributed by atoms with Crippen LogP contribution < -0.4 is 10.6 Å². The fourth-order valence-electron chi connectivity index (χ4n) is 2.68. The zero-order chi connectivity index (χ0) is 19.8. The topological polar surface area (TPSA) is 142 Å². The van der Waals surface area contributed by atoms with Gasteiger partial charge in [-0.15, -0.1) is 0 Å². The minimum Gasteiger partial charge on any atom is -0.336 e. The van der Waals surface area contributed by atoms with Crippen LogP contribution in [0.1, 0.15) is 5.69 Å². The van der Waals surface area contributed by atoms with E-state index in [2.05, 4.69) is 35.8 Å². The summed E-state index contributed by atoms with van der Waals surface area (Å²) in [5.41, 5.74) is 2.36. The molecule has 0 aliphatic carbocycles. The van der Waals surface area contributed by atoms with Crippen LogP contribution in [-0.4, -0.2) is 39.4 Å². The van der Waals surface area contributed by atoms with E-state index >= 15 is 0 Å². The van der Waals surface area contributed by atoms with Crippen molar-refractivity contribution in [2.24, 2.45) is 14.1 Å². The van der Waals surface area contributed by atoms with Crippen LogP contribution in [0.25, 0.3) is 11.0 Å². The van der Waals surface area contributed by atoms with Crippen LogP contribution in [-0.2, 0) is 14.1 Å². The first kappa shape index (κ1) is 17.3. The van der Waals surface area contributed by atoms with Gasteiger partial charge in [-0.1, -0.05) is 0 Å². The van der Waals surface area contributed by atoms with E-state index in [1.54, 1.807) is 35.7 Å². The number of aromatic nitrogens is 7. The molecule has 12 heteroatoms. The first-order valence-corrected chi connectivity index (χ1v) is 8.24. The standard InChI is InChI=1S/C16H16N10O2/c1-9-13(4-11(6-17-9)26(27)28)21-14-12-7-18-16(22-15(12)25(3)23-14)20-10-5-19-24(2)8-10/h4-8H,1-3H3,(H,21,23)(H,18,20,22). The van der Waals surface area contributed by atoms with Crippen molar-refractivity contribution in [3.05, 3.63) is 46.7 Å². The van der Waals surface area contributed by atoms with Gasteiger partial charge in [-0.05, 0) is 6.92 Å². The molecule has 12 nitrogen and oxygen atoms in total. The molecule has 4 rings (SSSR count). The molecule has 0 spiro atoms. The maximum Gasteiger partial charge on any atom is 0.289 e. The second kappa shape index (κ2) is 6.57. The maximum atomic E-state index is 11.0. The molecular formula is C16H16N10O2. The van der Waals surface area contributed by atoms with Gasteiger partial charge in [-0.3, -0.25) is 19.8 Å². The molecule has 0 aromatic carbocycles. The van der Waals surface area contributed by atoms with Crippen LogP contribution in [0, 0.1) is 17.0 Å². The zero-order valence-corrected chi connectivity index (χ0v) is 15.3. The predicted molar refractivity (Wildman–Crippen MR) is 102 cm³/mol. The molecule has 2 N–H and O–H groups in total. The molecule has 0 fully saturated rings. The third-order valence-corrected chi connectivity index (χ3v) is 4.08. The van der Waals surface area contributed by atoms with Crippen molar-refractivity contribution >= 4 is 39.9 Å². The highest BCUT2D eigenvalue weighted by Gasteiger charge is 2.15. The van der Waals surface area contributed by atoms with E-state index in [0.29, 0.717) is 34.2 Å². The number of nitrogens with one attached hydrogen (secondary N) is 2. The van der Waals surface area contributed by atoms with E-state index in [9.17, 15) is 10.1 Å². The van der Waals surface area contributed by atoms with Gasteiger partial charge in [0.05, 0.1) is 33.6 Å². The van der Waals surface area contributed by atoms with Crippen molar-refractivity contribution in [3.8, 4) is 0 Å². The molecule has 0 aliphatic heterocycles. The second-order valence-corrected chi connectivity index (χ2v) is 6.14. The highest BCUT2D eigenvalue weighted by Crippen LogP contribution is 2.28. The lowest BCUT2D eigenvalue weighted by molar-refractivity contribution is -0.385. The van der Waals surface area contributed by atoms with E-state index < -0.39 is 4.92 Å². The summed E-state index contributed by atoms with van der Waals surface area (Å²) in [7, 11) is 3.58. The Morgan fingerprint density at radius 1 is 1.14 bits per heavy atom. The first-order valence-electron chi connectivity index (χ1n) is 8.24. The number of hydrogen-bond donors (Lipinski definition) is 2. The Bertz CT molecular complexity index is 1200. The smallest absolute Gasteiger partial charge is 0.289 e. The predicted octanol–water partition coefficient (Wildman–Crippen LogP) is 2.20. The van der Waals surface area contributed by atoms with E-state index in [1.807, 2.05) is 13.2 Å². The molecule has 0 saturated carbocycles. The number of fused-ring (bicyclic) bond motifs is 1. The normalized spacial score (nSPS) is 11.0. The lowest BCUT2D eigenvalue weighted by atomic mass is 10.3. The average Bonchev–Trinajstić information content (AvgIpc) is 3.20. The van der Waals surface area contributed by atoms with E-state index in [1.165, 1.54) is 12.3 Å². The van der Waals surface area contributed by atoms with Crippen LogP contribution in [0.2, 0.25) is 0 Å². The lowest BCUT2D eigenvalue weighted by Crippen LogP contribution is -1.99. The minimum absolute atomic E-state index is 0.104. The SMILES string of the molecule is Cc1ncc([N+](=O)[O-])cc1Nc1nn(C)c2nc(Nc3cnn(C)c3)ncc12. The number of aryl methyl sites for hydroxylation is 3. The summed E-state index contributed by atoms with van der Waals surface area (Å²) in [6, 6.07) is 1.42. The van der Waals surface area contributed by atoms with Gasteiger partial charge in [0.1, 0.15) is 6.20 Å². The summed E-state index contributed by atoms with van der Waals surface area (Å²) >= 11 is 0. The molecule has 0 atom stereocenters. The molecular weight excluding hydrogens is 364 g/mol. The summed E-state index contributed by atoms with van der Waals surface area (Å²) in [4.78, 5) is 23.4. The molecule has 0 amide bonds. The Morgan fingerprint density at radius 3 is 2.68 bits per heavy atom. The van der Waals surface area contributed by atoms with Gasteiger partial charge in [-0.25, -0.2) is 9.67 Å². The molecule has 4 aromatic rings. The zero-order valence-electron chi connectivity index (χ0n) is 15.3. The van der Waals surface area contributed by atoms with Gasteiger partial charge < -0.3 is 10.6 Å². The summed E-state index contributed by atoms with van der Waals surface area (Å²) in [6.07, 6.45) is 6.33. The monoisotopic (exact) mass is 380 g/mol. The highest BCUT2D eigenvalue weighted by molar-refractivity contribution is 5.89. The molecule has 0 aliphatic rings. The maximum absolute atomic E-state index is 11.0. The number of nitrogens with zero attached hydrogens (tertiary/aromatic N) is 8. The van der Waals surface area contributed by atoms with Crippen molar-refractivity contribution in [1.29, 1.82) is 0 Å². The number of anilines is 4. The molecule has 4 aromatic heterocycles. The molecule has 4 heterocycles. The number of rotatable bonds is 5. The Labute approximate surface area is 158 Å².